The zero-order chi connectivity index (χ0) is 13.1. The summed E-state index contributed by atoms with van der Waals surface area (Å²) in [7, 11) is 0. The highest BCUT2D eigenvalue weighted by Gasteiger charge is 2.12. The van der Waals surface area contributed by atoms with E-state index < -0.39 is 0 Å². The van der Waals surface area contributed by atoms with E-state index in [0.717, 1.165) is 19.8 Å². The van der Waals surface area contributed by atoms with Crippen LogP contribution in [0.1, 0.15) is 20.8 Å². The Labute approximate surface area is 123 Å². The van der Waals surface area contributed by atoms with Gasteiger partial charge in [-0.05, 0) is 52.2 Å². The van der Waals surface area contributed by atoms with Gasteiger partial charge in [0, 0.05) is 11.6 Å². The molecule has 5 heteroatoms. The van der Waals surface area contributed by atoms with Crippen LogP contribution in [-0.4, -0.2) is 5.91 Å². The number of hydrogen-bond acceptors (Lipinski definition) is 2. The molecule has 0 spiro atoms. The summed E-state index contributed by atoms with van der Waals surface area (Å²) in [5, 5.41) is 3.59. The van der Waals surface area contributed by atoms with Crippen LogP contribution in [-0.2, 0) is 6.54 Å². The molecule has 0 aliphatic heterocycles. The molecule has 2 aromatic rings. The van der Waals surface area contributed by atoms with E-state index in [1.165, 1.54) is 11.3 Å². The second kappa shape index (κ2) is 5.87. The average molecular weight is 345 g/mol. The molecule has 0 unspecified atom stereocenters. The molecule has 0 aliphatic rings. The van der Waals surface area contributed by atoms with E-state index in [2.05, 4.69) is 21.2 Å². The van der Waals surface area contributed by atoms with Gasteiger partial charge in [-0.2, -0.15) is 0 Å². The van der Waals surface area contributed by atoms with E-state index in [4.69, 9.17) is 11.6 Å². The van der Waals surface area contributed by atoms with E-state index in [1.54, 1.807) is 0 Å². The maximum absolute atomic E-state index is 12.0. The largest absolute Gasteiger partial charge is 0.347 e. The van der Waals surface area contributed by atoms with Gasteiger partial charge in [0.1, 0.15) is 0 Å². The van der Waals surface area contributed by atoms with Gasteiger partial charge in [0.05, 0.1) is 8.66 Å². The normalized spacial score (nSPS) is 10.4. The van der Waals surface area contributed by atoms with Gasteiger partial charge in [-0.1, -0.05) is 23.7 Å². The van der Waals surface area contributed by atoms with Crippen LogP contribution in [0.4, 0.5) is 0 Å². The lowest BCUT2D eigenvalue weighted by molar-refractivity contribution is 0.0954. The molecule has 0 bridgehead atoms. The number of nitrogens with one attached hydrogen (secondary N) is 1. The number of halogens is 2. The van der Waals surface area contributed by atoms with Crippen LogP contribution in [0.5, 0.6) is 0 Å². The van der Waals surface area contributed by atoms with Crippen molar-refractivity contribution in [2.75, 3.05) is 0 Å². The Morgan fingerprint density at radius 3 is 2.61 bits per heavy atom. The molecule has 0 saturated heterocycles. The van der Waals surface area contributed by atoms with Gasteiger partial charge in [0.25, 0.3) is 5.91 Å². The first kappa shape index (κ1) is 13.6. The lowest BCUT2D eigenvalue weighted by Gasteiger charge is -2.04. The fraction of sp³-hybridized carbons (Fsp3) is 0.154. The van der Waals surface area contributed by atoms with Crippen molar-refractivity contribution in [3.63, 3.8) is 0 Å². The van der Waals surface area contributed by atoms with Crippen molar-refractivity contribution in [2.45, 2.75) is 13.5 Å². The van der Waals surface area contributed by atoms with E-state index in [9.17, 15) is 4.79 Å². The zero-order valence-corrected chi connectivity index (χ0v) is 12.8. The van der Waals surface area contributed by atoms with Gasteiger partial charge in [0.15, 0.2) is 0 Å². The molecular formula is C13H11BrClNOS. The molecule has 0 fully saturated rings. The van der Waals surface area contributed by atoms with E-state index in [0.29, 0.717) is 11.6 Å². The van der Waals surface area contributed by atoms with Crippen LogP contribution in [0, 0.1) is 6.92 Å². The number of carbonyl (C=O) groups is 1. The summed E-state index contributed by atoms with van der Waals surface area (Å²) in [4.78, 5) is 12.7. The highest BCUT2D eigenvalue weighted by Crippen LogP contribution is 2.26. The molecule has 0 aliphatic carbocycles. The van der Waals surface area contributed by atoms with Crippen molar-refractivity contribution in [1.29, 1.82) is 0 Å². The average Bonchev–Trinajstić information content (AvgIpc) is 2.67. The van der Waals surface area contributed by atoms with Gasteiger partial charge in [-0.15, -0.1) is 11.3 Å². The molecule has 94 valence electrons. The van der Waals surface area contributed by atoms with Crippen molar-refractivity contribution in [2.24, 2.45) is 0 Å². The molecular weight excluding hydrogens is 334 g/mol. The Hall–Kier alpha value is -0.840. The number of carbonyl (C=O) groups excluding carboxylic acids is 1. The number of hydrogen-bond donors (Lipinski definition) is 1. The molecule has 1 amide bonds. The molecule has 1 aromatic heterocycles. The highest BCUT2D eigenvalue weighted by atomic mass is 79.9. The smallest absolute Gasteiger partial charge is 0.261 e. The third-order valence-corrected chi connectivity index (χ3v) is 4.45. The van der Waals surface area contributed by atoms with Gasteiger partial charge in [0.2, 0.25) is 0 Å². The van der Waals surface area contributed by atoms with Crippen LogP contribution in [0.15, 0.2) is 34.1 Å². The van der Waals surface area contributed by atoms with Crippen molar-refractivity contribution in [3.8, 4) is 0 Å². The molecule has 0 atom stereocenters. The Morgan fingerprint density at radius 2 is 2.06 bits per heavy atom. The summed E-state index contributed by atoms with van der Waals surface area (Å²) >= 11 is 10.6. The number of benzene rings is 1. The van der Waals surface area contributed by atoms with Crippen LogP contribution in [0.2, 0.25) is 5.02 Å². The summed E-state index contributed by atoms with van der Waals surface area (Å²) in [6.45, 7) is 2.43. The third kappa shape index (κ3) is 3.34. The van der Waals surface area contributed by atoms with Gasteiger partial charge in [-0.3, -0.25) is 4.79 Å². The van der Waals surface area contributed by atoms with E-state index in [-0.39, 0.29) is 5.91 Å². The Morgan fingerprint density at radius 1 is 1.39 bits per heavy atom. The van der Waals surface area contributed by atoms with Crippen LogP contribution >= 0.6 is 38.9 Å². The lowest BCUT2D eigenvalue weighted by Crippen LogP contribution is -2.22. The second-order valence-corrected chi connectivity index (χ2v) is 6.74. The maximum Gasteiger partial charge on any atom is 0.261 e. The summed E-state index contributed by atoms with van der Waals surface area (Å²) in [6.07, 6.45) is 0. The minimum absolute atomic E-state index is 0.0434. The monoisotopic (exact) mass is 343 g/mol. The molecule has 1 aromatic carbocycles. The first-order valence-corrected chi connectivity index (χ1v) is 7.33. The first-order chi connectivity index (χ1) is 8.56. The van der Waals surface area contributed by atoms with Gasteiger partial charge < -0.3 is 5.32 Å². The predicted octanol–water partition coefficient (Wildman–Crippen LogP) is 4.40. The molecule has 18 heavy (non-hydrogen) atoms. The zero-order valence-electron chi connectivity index (χ0n) is 9.67. The highest BCUT2D eigenvalue weighted by molar-refractivity contribution is 9.11. The van der Waals surface area contributed by atoms with Gasteiger partial charge in [-0.25, -0.2) is 0 Å². The van der Waals surface area contributed by atoms with E-state index >= 15 is 0 Å². The Kier molecular flexibility index (Phi) is 4.43. The fourth-order valence-electron chi connectivity index (χ4n) is 1.53. The quantitative estimate of drug-likeness (QED) is 0.878. The van der Waals surface area contributed by atoms with Crippen molar-refractivity contribution >= 4 is 44.8 Å². The summed E-state index contributed by atoms with van der Waals surface area (Å²) in [5.41, 5.74) is 2.02. The summed E-state index contributed by atoms with van der Waals surface area (Å²) in [6, 6.07) is 9.38. The summed E-state index contributed by atoms with van der Waals surface area (Å²) in [5.74, 6) is -0.0434. The van der Waals surface area contributed by atoms with Crippen molar-refractivity contribution in [3.05, 3.63) is 55.1 Å². The van der Waals surface area contributed by atoms with Gasteiger partial charge >= 0.3 is 0 Å². The third-order valence-electron chi connectivity index (χ3n) is 2.46. The molecule has 2 rings (SSSR count). The molecule has 1 heterocycles. The van der Waals surface area contributed by atoms with Crippen LogP contribution in [0.3, 0.4) is 0 Å². The first-order valence-electron chi connectivity index (χ1n) is 5.35. The number of amides is 1. The number of rotatable bonds is 3. The maximum atomic E-state index is 12.0. The molecule has 1 N–H and O–H groups in total. The Bertz CT molecular complexity index is 565. The lowest BCUT2D eigenvalue weighted by atomic mass is 10.2. The van der Waals surface area contributed by atoms with Crippen LogP contribution in [0.25, 0.3) is 0 Å². The second-order valence-electron chi connectivity index (χ2n) is 3.87. The number of thiophene rings is 1. The fourth-order valence-corrected chi connectivity index (χ4v) is 3.30. The minimum atomic E-state index is -0.0434. The molecule has 0 radical (unpaired) electrons. The minimum Gasteiger partial charge on any atom is -0.347 e. The standard InChI is InChI=1S/C13H11BrClNOS/c1-8-6-11(14)18-12(8)13(17)16-7-9-2-4-10(15)5-3-9/h2-6H,7H2,1H3,(H,16,17). The summed E-state index contributed by atoms with van der Waals surface area (Å²) < 4.78 is 0.969. The Balaban J connectivity index is 2.00. The van der Waals surface area contributed by atoms with Crippen LogP contribution < -0.4 is 5.32 Å². The molecule has 2 nitrogen and oxygen atoms in total. The molecule has 0 saturated carbocycles. The predicted molar refractivity (Wildman–Crippen MR) is 79.4 cm³/mol. The van der Waals surface area contributed by atoms with E-state index in [1.807, 2.05) is 37.3 Å². The van der Waals surface area contributed by atoms with Crippen molar-refractivity contribution in [1.82, 2.24) is 5.32 Å². The van der Waals surface area contributed by atoms with Crippen molar-refractivity contribution < 1.29 is 4.79 Å². The topological polar surface area (TPSA) is 29.1 Å². The number of aryl methyl sites for hydroxylation is 1. The SMILES string of the molecule is Cc1cc(Br)sc1C(=O)NCc1ccc(Cl)cc1.